The van der Waals surface area contributed by atoms with Gasteiger partial charge in [-0.2, -0.15) is 0 Å². The second-order valence-corrected chi connectivity index (χ2v) is 13.1. The maximum Gasteiger partial charge on any atom is 0.261 e. The molecule has 2 heterocycles. The number of carbonyl (C=O) groups is 3. The molecule has 3 aromatic carbocycles. The Morgan fingerprint density at radius 2 is 1.27 bits per heavy atom. The summed E-state index contributed by atoms with van der Waals surface area (Å²) in [6.07, 6.45) is 6.38. The van der Waals surface area contributed by atoms with E-state index in [2.05, 4.69) is 19.0 Å². The van der Waals surface area contributed by atoms with Crippen LogP contribution in [-0.2, 0) is 10.2 Å². The summed E-state index contributed by atoms with van der Waals surface area (Å²) in [4.78, 5) is 42.5. The lowest BCUT2D eigenvalue weighted by Gasteiger charge is -2.37. The summed E-state index contributed by atoms with van der Waals surface area (Å²) in [6.45, 7) is 5.35. The molecule has 0 bridgehead atoms. The highest BCUT2D eigenvalue weighted by molar-refractivity contribution is 6.21. The number of rotatable bonds is 15. The van der Waals surface area contributed by atoms with Crippen molar-refractivity contribution in [1.29, 1.82) is 0 Å². The normalized spacial score (nSPS) is 17.3. The number of hydrogen-bond acceptors (Lipinski definition) is 4. The lowest BCUT2D eigenvalue weighted by atomic mass is 9.64. The molecule has 0 aromatic heterocycles. The SMILES string of the molecule is C[N+](C)(CCCCCCN1CCC(C(C(N)=O)(c2ccccc2)c2ccccc2)C1)CCCN1C(=O)c2ccccc2C1=O. The Morgan fingerprint density at radius 3 is 1.84 bits per heavy atom. The summed E-state index contributed by atoms with van der Waals surface area (Å²) in [5.41, 5.74) is 8.43. The van der Waals surface area contributed by atoms with E-state index in [0.29, 0.717) is 17.7 Å². The van der Waals surface area contributed by atoms with Crippen LogP contribution in [0.1, 0.15) is 70.4 Å². The number of hydrogen-bond donors (Lipinski definition) is 1. The lowest BCUT2D eigenvalue weighted by Crippen LogP contribution is -2.49. The molecule has 1 saturated heterocycles. The third-order valence-electron chi connectivity index (χ3n) is 9.74. The summed E-state index contributed by atoms with van der Waals surface area (Å²) in [6, 6.07) is 27.2. The van der Waals surface area contributed by atoms with Gasteiger partial charge in [0.15, 0.2) is 0 Å². The zero-order valence-corrected chi connectivity index (χ0v) is 26.3. The Kier molecular flexibility index (Phi) is 9.97. The van der Waals surface area contributed by atoms with Gasteiger partial charge in [-0.25, -0.2) is 0 Å². The molecule has 1 fully saturated rings. The Labute approximate surface area is 262 Å². The fourth-order valence-corrected chi connectivity index (χ4v) is 7.35. The summed E-state index contributed by atoms with van der Waals surface area (Å²) < 4.78 is 0.880. The molecule has 2 aliphatic heterocycles. The van der Waals surface area contributed by atoms with Gasteiger partial charge in [0.05, 0.1) is 38.3 Å². The van der Waals surface area contributed by atoms with Gasteiger partial charge in [0, 0.05) is 19.5 Å². The zero-order chi connectivity index (χ0) is 31.2. The van der Waals surface area contributed by atoms with Crippen molar-refractivity contribution >= 4 is 17.7 Å². The number of carbonyl (C=O) groups excluding carboxylic acids is 3. The molecule has 7 heteroatoms. The summed E-state index contributed by atoms with van der Waals surface area (Å²) in [7, 11) is 4.47. The smallest absolute Gasteiger partial charge is 0.261 e. The van der Waals surface area contributed by atoms with E-state index in [1.807, 2.05) is 72.8 Å². The molecule has 232 valence electrons. The quantitative estimate of drug-likeness (QED) is 0.151. The Morgan fingerprint density at radius 1 is 0.750 bits per heavy atom. The largest absolute Gasteiger partial charge is 0.369 e. The monoisotopic (exact) mass is 595 g/mol. The van der Waals surface area contributed by atoms with Gasteiger partial charge in [0.25, 0.3) is 11.8 Å². The first-order chi connectivity index (χ1) is 21.2. The minimum absolute atomic E-state index is 0.128. The van der Waals surface area contributed by atoms with Crippen LogP contribution >= 0.6 is 0 Å². The fourth-order valence-electron chi connectivity index (χ4n) is 7.35. The van der Waals surface area contributed by atoms with Crippen molar-refractivity contribution in [3.05, 3.63) is 107 Å². The molecule has 44 heavy (non-hydrogen) atoms. The number of likely N-dealkylation sites (tertiary alicyclic amines) is 1. The van der Waals surface area contributed by atoms with E-state index in [1.54, 1.807) is 12.1 Å². The number of imide groups is 1. The number of primary amides is 1. The number of unbranched alkanes of at least 4 members (excludes halogenated alkanes) is 3. The first kappa shape index (κ1) is 31.6. The predicted molar refractivity (Wildman–Crippen MR) is 174 cm³/mol. The summed E-state index contributed by atoms with van der Waals surface area (Å²) in [5, 5.41) is 0. The van der Waals surface area contributed by atoms with Crippen LogP contribution < -0.4 is 5.73 Å². The van der Waals surface area contributed by atoms with E-state index < -0.39 is 5.41 Å². The van der Waals surface area contributed by atoms with Crippen LogP contribution in [0.15, 0.2) is 84.9 Å². The van der Waals surface area contributed by atoms with Gasteiger partial charge < -0.3 is 15.1 Å². The molecule has 3 amide bonds. The molecular weight excluding hydrogens is 548 g/mol. The van der Waals surface area contributed by atoms with Crippen molar-refractivity contribution in [3.63, 3.8) is 0 Å². The average Bonchev–Trinajstić information content (AvgIpc) is 3.59. The number of quaternary nitrogens is 1. The minimum Gasteiger partial charge on any atom is -0.369 e. The predicted octanol–water partition coefficient (Wildman–Crippen LogP) is 5.10. The molecule has 0 spiro atoms. The number of benzene rings is 3. The molecule has 0 radical (unpaired) electrons. The standard InChI is InChI=1S/C37H46N4O3/c1-41(2,27-15-24-40-34(42)32-20-11-12-21-33(32)35(40)43)26-14-4-3-13-23-39-25-22-31(28-39)37(36(38)44,29-16-7-5-8-17-29)30-18-9-6-10-19-30/h5-12,16-21,31H,3-4,13-15,22-28H2,1-2H3,(H-,38,44)/p+1. The summed E-state index contributed by atoms with van der Waals surface area (Å²) in [5.74, 6) is -0.476. The Hall–Kier alpha value is -3.81. The highest BCUT2D eigenvalue weighted by Gasteiger charge is 2.49. The summed E-state index contributed by atoms with van der Waals surface area (Å²) >= 11 is 0. The molecular formula is C37H47N4O3+. The van der Waals surface area contributed by atoms with Crippen molar-refractivity contribution in [1.82, 2.24) is 9.80 Å². The topological polar surface area (TPSA) is 83.7 Å². The van der Waals surface area contributed by atoms with Gasteiger partial charge in [0.1, 0.15) is 5.41 Å². The molecule has 1 unspecified atom stereocenters. The molecule has 1 atom stereocenters. The van der Waals surface area contributed by atoms with E-state index in [1.165, 1.54) is 17.7 Å². The van der Waals surface area contributed by atoms with Crippen molar-refractivity contribution in [2.24, 2.45) is 11.7 Å². The Bertz CT molecular complexity index is 1360. The third-order valence-corrected chi connectivity index (χ3v) is 9.74. The van der Waals surface area contributed by atoms with E-state index in [-0.39, 0.29) is 23.6 Å². The number of nitrogens with zero attached hydrogens (tertiary/aromatic N) is 3. The van der Waals surface area contributed by atoms with Crippen molar-refractivity contribution in [2.75, 3.05) is 53.4 Å². The van der Waals surface area contributed by atoms with Gasteiger partial charge in [-0.1, -0.05) is 79.2 Å². The maximum absolute atomic E-state index is 13.3. The van der Waals surface area contributed by atoms with Crippen molar-refractivity contribution in [3.8, 4) is 0 Å². The van der Waals surface area contributed by atoms with Crippen molar-refractivity contribution < 1.29 is 18.9 Å². The van der Waals surface area contributed by atoms with Crippen LogP contribution in [0.2, 0.25) is 0 Å². The zero-order valence-electron chi connectivity index (χ0n) is 26.3. The average molecular weight is 596 g/mol. The van der Waals surface area contributed by atoms with E-state index in [0.717, 1.165) is 74.0 Å². The van der Waals surface area contributed by atoms with E-state index in [9.17, 15) is 14.4 Å². The fraction of sp³-hybridized carbons (Fsp3) is 0.432. The minimum atomic E-state index is -0.833. The molecule has 3 aromatic rings. The number of amides is 3. The highest BCUT2D eigenvalue weighted by Crippen LogP contribution is 2.43. The molecule has 2 aliphatic rings. The van der Waals surface area contributed by atoms with Crippen LogP contribution in [0.4, 0.5) is 0 Å². The van der Waals surface area contributed by atoms with Gasteiger partial charge >= 0.3 is 0 Å². The van der Waals surface area contributed by atoms with Crippen LogP contribution in [0, 0.1) is 5.92 Å². The first-order valence-corrected chi connectivity index (χ1v) is 16.1. The molecule has 5 rings (SSSR count). The van der Waals surface area contributed by atoms with Gasteiger partial charge in [-0.05, 0) is 68.0 Å². The van der Waals surface area contributed by atoms with Crippen LogP contribution in [-0.4, -0.2) is 85.4 Å². The molecule has 0 aliphatic carbocycles. The molecule has 2 N–H and O–H groups in total. The Balaban J connectivity index is 1.05. The third kappa shape index (κ3) is 6.64. The van der Waals surface area contributed by atoms with E-state index >= 15 is 0 Å². The van der Waals surface area contributed by atoms with Crippen LogP contribution in [0.5, 0.6) is 0 Å². The maximum atomic E-state index is 13.3. The van der Waals surface area contributed by atoms with E-state index in [4.69, 9.17) is 5.73 Å². The first-order valence-electron chi connectivity index (χ1n) is 16.1. The lowest BCUT2D eigenvalue weighted by molar-refractivity contribution is -0.890. The highest BCUT2D eigenvalue weighted by atomic mass is 16.2. The number of nitrogens with two attached hydrogens (primary N) is 1. The van der Waals surface area contributed by atoms with Crippen LogP contribution in [0.25, 0.3) is 0 Å². The van der Waals surface area contributed by atoms with Crippen molar-refractivity contribution in [2.45, 2.75) is 43.9 Å². The second kappa shape index (κ2) is 13.9. The molecule has 0 saturated carbocycles. The van der Waals surface area contributed by atoms with Gasteiger partial charge in [-0.3, -0.25) is 19.3 Å². The second-order valence-electron chi connectivity index (χ2n) is 13.1. The number of fused-ring (bicyclic) bond motifs is 1. The molecule has 7 nitrogen and oxygen atoms in total. The van der Waals surface area contributed by atoms with Gasteiger partial charge in [0.2, 0.25) is 5.91 Å². The van der Waals surface area contributed by atoms with Gasteiger partial charge in [-0.15, -0.1) is 0 Å². The van der Waals surface area contributed by atoms with Crippen LogP contribution in [0.3, 0.4) is 0 Å².